The van der Waals surface area contributed by atoms with Crippen LogP contribution in [0.2, 0.25) is 0 Å². The SMILES string of the molecule is CCC[C@H](NC(=O)[C@@H]1[C@H]2CCC[C@H]2CN1C(=O)[C@@H](NC(=O)[C@@H](NC(=O)c1cnc(C(=O)NCCCCCCCCNC(=O)CCc2cccc3c2C(=O)N(C2CCC(=O)NC2=O)C3=O)cn1)C1CCCCC1)C(C)(C)C)C(=O)C(=O)NC1CC1. The summed E-state index contributed by atoms with van der Waals surface area (Å²) in [5, 5.41) is 19.4. The lowest BCUT2D eigenvalue weighted by Gasteiger charge is -2.38. The Kier molecular flexibility index (Phi) is 21.2. The Bertz CT molecular complexity index is 2840. The molecule has 3 aliphatic carbocycles. The van der Waals surface area contributed by atoms with Gasteiger partial charge >= 0.3 is 0 Å². The molecule has 0 radical (unpaired) electrons. The molecular formula is C61H83N11O12. The van der Waals surface area contributed by atoms with Crippen LogP contribution in [0.4, 0.5) is 0 Å². The molecule has 7 atom stereocenters. The number of piperidine rings is 1. The molecule has 3 saturated carbocycles. The lowest BCUT2D eigenvalue weighted by atomic mass is 9.82. The number of imide groups is 2. The highest BCUT2D eigenvalue weighted by Gasteiger charge is 2.53. The van der Waals surface area contributed by atoms with Gasteiger partial charge in [0.2, 0.25) is 41.2 Å². The van der Waals surface area contributed by atoms with Crippen molar-refractivity contribution in [3.05, 3.63) is 58.7 Å². The zero-order valence-electron chi connectivity index (χ0n) is 48.9. The van der Waals surface area contributed by atoms with Crippen LogP contribution in [0.5, 0.6) is 0 Å². The first-order valence-electron chi connectivity index (χ1n) is 30.5. The molecule has 1 unspecified atom stereocenters. The number of nitrogens with one attached hydrogen (secondary N) is 7. The van der Waals surface area contributed by atoms with Crippen molar-refractivity contribution >= 4 is 70.8 Å². The Hall–Kier alpha value is -7.46. The van der Waals surface area contributed by atoms with Gasteiger partial charge in [0.05, 0.1) is 29.6 Å². The number of ketones is 1. The number of nitrogens with zero attached hydrogens (tertiary/aromatic N) is 4. The van der Waals surface area contributed by atoms with Gasteiger partial charge < -0.3 is 36.8 Å². The highest BCUT2D eigenvalue weighted by Crippen LogP contribution is 2.43. The largest absolute Gasteiger partial charge is 0.356 e. The highest BCUT2D eigenvalue weighted by molar-refractivity contribution is 6.38. The van der Waals surface area contributed by atoms with E-state index in [2.05, 4.69) is 47.2 Å². The summed E-state index contributed by atoms with van der Waals surface area (Å²) in [5.74, 6) is -6.88. The monoisotopic (exact) mass is 1160 g/mol. The fourth-order valence-electron chi connectivity index (χ4n) is 12.6. The number of amides is 11. The summed E-state index contributed by atoms with van der Waals surface area (Å²) in [7, 11) is 0. The predicted molar refractivity (Wildman–Crippen MR) is 305 cm³/mol. The van der Waals surface area contributed by atoms with E-state index in [4.69, 9.17) is 0 Å². The maximum absolute atomic E-state index is 14.9. The Balaban J connectivity index is 0.760. The summed E-state index contributed by atoms with van der Waals surface area (Å²) in [6, 6.07) is -0.307. The normalized spacial score (nSPS) is 21.6. The van der Waals surface area contributed by atoms with E-state index in [9.17, 15) is 57.5 Å². The number of Topliss-reactive ketones (excluding diaryl/α,β-unsaturated/α-hetero) is 1. The van der Waals surface area contributed by atoms with Gasteiger partial charge in [0.1, 0.15) is 35.6 Å². The Labute approximate surface area is 490 Å². The number of likely N-dealkylation sites (tertiary alicyclic amines) is 1. The predicted octanol–water partition coefficient (Wildman–Crippen LogP) is 3.67. The maximum Gasteiger partial charge on any atom is 0.289 e. The fourth-order valence-corrected chi connectivity index (χ4v) is 12.6. The first-order chi connectivity index (χ1) is 40.2. The number of fused-ring (bicyclic) bond motifs is 2. The van der Waals surface area contributed by atoms with Crippen LogP contribution in [-0.4, -0.2) is 146 Å². The zero-order valence-corrected chi connectivity index (χ0v) is 48.9. The number of aryl methyl sites for hydroxylation is 1. The van der Waals surface area contributed by atoms with Gasteiger partial charge in [-0.25, -0.2) is 9.97 Å². The average Bonchev–Trinajstić information content (AvgIpc) is 2.92. The van der Waals surface area contributed by atoms with Gasteiger partial charge in [-0.05, 0) is 105 Å². The molecule has 11 amide bonds. The van der Waals surface area contributed by atoms with Gasteiger partial charge in [0.15, 0.2) is 0 Å². The maximum atomic E-state index is 14.9. The molecule has 1 aromatic heterocycles. The molecular weight excluding hydrogens is 1080 g/mol. The number of benzene rings is 1. The molecule has 0 spiro atoms. The number of unbranched alkanes of at least 4 members (excludes halogenated alkanes) is 5. The van der Waals surface area contributed by atoms with Crippen LogP contribution in [-0.2, 0) is 44.8 Å². The molecule has 0 bridgehead atoms. The highest BCUT2D eigenvalue weighted by atomic mass is 16.2. The third-order valence-corrected chi connectivity index (χ3v) is 17.4. The van der Waals surface area contributed by atoms with Gasteiger partial charge in [-0.2, -0.15) is 0 Å². The van der Waals surface area contributed by atoms with Crippen molar-refractivity contribution in [1.82, 2.24) is 57.0 Å². The van der Waals surface area contributed by atoms with Gasteiger partial charge in [0, 0.05) is 38.5 Å². The van der Waals surface area contributed by atoms with Gasteiger partial charge in [-0.15, -0.1) is 0 Å². The molecule has 4 heterocycles. The molecule has 8 rings (SSSR count). The molecule has 3 aliphatic heterocycles. The second kappa shape index (κ2) is 28.4. The summed E-state index contributed by atoms with van der Waals surface area (Å²) < 4.78 is 0. The van der Waals surface area contributed by atoms with Crippen molar-refractivity contribution in [1.29, 1.82) is 0 Å². The van der Waals surface area contributed by atoms with Gasteiger partial charge in [0.25, 0.3) is 29.5 Å². The van der Waals surface area contributed by atoms with Crippen LogP contribution in [0.1, 0.15) is 210 Å². The van der Waals surface area contributed by atoms with E-state index < -0.39 is 100 Å². The number of aromatic nitrogens is 2. The number of carbonyl (C=O) groups excluding carboxylic acids is 12. The molecule has 454 valence electrons. The van der Waals surface area contributed by atoms with E-state index in [0.717, 1.165) is 88.4 Å². The van der Waals surface area contributed by atoms with Gasteiger partial charge in [-0.1, -0.05) is 97.6 Å². The number of rotatable bonds is 27. The van der Waals surface area contributed by atoms with Crippen molar-refractivity contribution in [2.75, 3.05) is 19.6 Å². The van der Waals surface area contributed by atoms with Crippen molar-refractivity contribution in [2.45, 2.75) is 205 Å². The van der Waals surface area contributed by atoms with Crippen molar-refractivity contribution < 1.29 is 57.5 Å². The topological polar surface area (TPSA) is 321 Å². The number of hydrogen-bond donors (Lipinski definition) is 7. The Morgan fingerprint density at radius 1 is 0.738 bits per heavy atom. The molecule has 2 aromatic rings. The molecule has 2 saturated heterocycles. The molecule has 1 aromatic carbocycles. The Morgan fingerprint density at radius 3 is 2.07 bits per heavy atom. The van der Waals surface area contributed by atoms with Gasteiger partial charge in [-0.3, -0.25) is 67.8 Å². The minimum Gasteiger partial charge on any atom is -0.356 e. The molecule has 84 heavy (non-hydrogen) atoms. The quantitative estimate of drug-likeness (QED) is 0.0382. The third-order valence-electron chi connectivity index (χ3n) is 17.4. The van der Waals surface area contributed by atoms with E-state index in [1.165, 1.54) is 18.5 Å². The van der Waals surface area contributed by atoms with Crippen LogP contribution in [0, 0.1) is 23.2 Å². The summed E-state index contributed by atoms with van der Waals surface area (Å²) in [5.41, 5.74) is -0.0180. The molecule has 23 nitrogen and oxygen atoms in total. The van der Waals surface area contributed by atoms with Crippen molar-refractivity contribution in [3.63, 3.8) is 0 Å². The minimum absolute atomic E-state index is 0.0130. The number of carbonyl (C=O) groups is 12. The second-order valence-corrected chi connectivity index (χ2v) is 24.7. The second-order valence-electron chi connectivity index (χ2n) is 24.7. The molecule has 7 N–H and O–H groups in total. The summed E-state index contributed by atoms with van der Waals surface area (Å²) >= 11 is 0. The van der Waals surface area contributed by atoms with E-state index in [0.29, 0.717) is 50.9 Å². The number of hydrogen-bond acceptors (Lipinski definition) is 14. The fraction of sp³-hybridized carbons (Fsp3) is 0.639. The van der Waals surface area contributed by atoms with Crippen LogP contribution in [0.25, 0.3) is 0 Å². The molecule has 5 fully saturated rings. The van der Waals surface area contributed by atoms with Crippen molar-refractivity contribution in [3.8, 4) is 0 Å². The lowest BCUT2D eigenvalue weighted by molar-refractivity contribution is -0.146. The first-order valence-corrected chi connectivity index (χ1v) is 30.5. The van der Waals surface area contributed by atoms with E-state index in [1.54, 1.807) is 17.0 Å². The summed E-state index contributed by atoms with van der Waals surface area (Å²) in [6.07, 6.45) is 16.7. The lowest BCUT2D eigenvalue weighted by Crippen LogP contribution is -2.62. The van der Waals surface area contributed by atoms with Crippen LogP contribution >= 0.6 is 0 Å². The van der Waals surface area contributed by atoms with E-state index >= 15 is 0 Å². The molecule has 23 heteroatoms. The summed E-state index contributed by atoms with van der Waals surface area (Å²) in [4.78, 5) is 171. The Morgan fingerprint density at radius 2 is 1.42 bits per heavy atom. The van der Waals surface area contributed by atoms with Crippen LogP contribution in [0.3, 0.4) is 0 Å². The average molecular weight is 1160 g/mol. The van der Waals surface area contributed by atoms with E-state index in [-0.39, 0.29) is 84.3 Å². The van der Waals surface area contributed by atoms with E-state index in [1.807, 2.05) is 27.7 Å². The molecule has 6 aliphatic rings. The van der Waals surface area contributed by atoms with Crippen molar-refractivity contribution in [2.24, 2.45) is 23.2 Å². The van der Waals surface area contributed by atoms with Crippen LogP contribution < -0.4 is 37.2 Å². The zero-order chi connectivity index (χ0) is 60.2. The standard InChI is InChI=1S/C61H83N11O12/c1-5-17-41(50(75)57(81)66-38-25-26-38)67-56(80)49-39-22-16-21-37(39)34-71(49)60(84)51(61(2,3)4)70-55(79)48(36-18-11-10-12-19-36)69-53(77)43-33-64-42(32-65-43)52(76)63-31-14-9-7-6-8-13-30-62-45(73)28-24-35-20-15-23-40-47(35)59(83)72(58(40)82)44-27-29-46(74)68-54(44)78/h15,20,23,32-33,36-39,41,44,48-49,51H,5-14,16-19,21-22,24-31,34H2,1-4H3,(H,62,73)(H,63,76)(H,66,81)(H,67,80)(H,69,77)(H,70,79)(H,68,74,78)/t37-,39-,41-,44?,48-,49-,51+/m0/s1. The first kappa shape index (κ1) is 62.6. The van der Waals surface area contributed by atoms with Crippen LogP contribution in [0.15, 0.2) is 30.6 Å². The smallest absolute Gasteiger partial charge is 0.289 e. The third kappa shape index (κ3) is 15.4. The summed E-state index contributed by atoms with van der Waals surface area (Å²) in [6.45, 7) is 8.53. The minimum atomic E-state index is -1.09.